The minimum atomic E-state index is -1.22. The fraction of sp³-hybridized carbons (Fsp3) is 0.364. The second kappa shape index (κ2) is 3.48. The largest absolute Gasteiger partial charge is 0.377 e. The van der Waals surface area contributed by atoms with Crippen LogP contribution in [0.15, 0.2) is 28.7 Å². The predicted octanol–water partition coefficient (Wildman–Crippen LogP) is 2.39. The zero-order valence-corrected chi connectivity index (χ0v) is 9.25. The first-order valence-corrected chi connectivity index (χ1v) is 5.44. The highest BCUT2D eigenvalue weighted by Crippen LogP contribution is 2.35. The number of carbonyl (C=O) groups is 1. The van der Waals surface area contributed by atoms with E-state index in [0.717, 1.165) is 10.9 Å². The lowest BCUT2D eigenvalue weighted by Gasteiger charge is -2.20. The van der Waals surface area contributed by atoms with E-state index in [9.17, 15) is 9.90 Å². The summed E-state index contributed by atoms with van der Waals surface area (Å²) in [6.07, 6.45) is 1.82. The van der Waals surface area contributed by atoms with Gasteiger partial charge in [0.2, 0.25) is 0 Å². The van der Waals surface area contributed by atoms with Gasteiger partial charge in [0, 0.05) is 10.9 Å². The van der Waals surface area contributed by atoms with Gasteiger partial charge in [-0.2, -0.15) is 0 Å². The predicted molar refractivity (Wildman–Crippen MR) is 56.9 cm³/mol. The molecule has 1 atom stereocenters. The monoisotopic (exact) mass is 254 g/mol. The molecule has 1 aliphatic carbocycles. The lowest BCUT2D eigenvalue weighted by Crippen LogP contribution is -2.30. The molecule has 74 valence electrons. The quantitative estimate of drug-likeness (QED) is 0.836. The van der Waals surface area contributed by atoms with Crippen molar-refractivity contribution in [2.45, 2.75) is 24.9 Å². The van der Waals surface area contributed by atoms with E-state index in [0.29, 0.717) is 18.4 Å². The summed E-state index contributed by atoms with van der Waals surface area (Å²) in [7, 11) is 0. The normalized spacial score (nSPS) is 26.9. The zero-order valence-electron chi connectivity index (χ0n) is 7.66. The van der Waals surface area contributed by atoms with Crippen molar-refractivity contribution in [3.8, 4) is 0 Å². The smallest absolute Gasteiger partial charge is 0.168 e. The van der Waals surface area contributed by atoms with Crippen molar-refractivity contribution in [2.24, 2.45) is 0 Å². The Balaban J connectivity index is 2.38. The van der Waals surface area contributed by atoms with Crippen molar-refractivity contribution in [3.05, 3.63) is 34.3 Å². The standard InChI is InChI=1S/C11H11BrO2/c12-9-5-3-8(4-6-9)11(14)7-1-2-10(11)13/h3-6,14H,1-2,7H2/t11-/m0/s1. The van der Waals surface area contributed by atoms with Crippen LogP contribution >= 0.6 is 15.9 Å². The van der Waals surface area contributed by atoms with Gasteiger partial charge in [0.05, 0.1) is 0 Å². The lowest BCUT2D eigenvalue weighted by atomic mass is 9.91. The average molecular weight is 255 g/mol. The fourth-order valence-corrected chi connectivity index (χ4v) is 2.15. The summed E-state index contributed by atoms with van der Waals surface area (Å²) in [5.74, 6) is -0.0557. The first kappa shape index (κ1) is 9.87. The molecule has 2 rings (SSSR count). The van der Waals surface area contributed by atoms with Crippen LogP contribution in [-0.4, -0.2) is 10.9 Å². The van der Waals surface area contributed by atoms with Gasteiger partial charge in [-0.15, -0.1) is 0 Å². The van der Waals surface area contributed by atoms with Gasteiger partial charge >= 0.3 is 0 Å². The number of carbonyl (C=O) groups excluding carboxylic acids is 1. The zero-order chi connectivity index (χ0) is 10.2. The second-order valence-electron chi connectivity index (χ2n) is 3.64. The summed E-state index contributed by atoms with van der Waals surface area (Å²) in [6, 6.07) is 7.29. The van der Waals surface area contributed by atoms with E-state index < -0.39 is 5.60 Å². The Bertz CT molecular complexity index is 358. The molecular formula is C11H11BrO2. The number of benzene rings is 1. The van der Waals surface area contributed by atoms with Crippen molar-refractivity contribution in [1.29, 1.82) is 0 Å². The first-order valence-electron chi connectivity index (χ1n) is 4.65. The van der Waals surface area contributed by atoms with Crippen LogP contribution in [0.4, 0.5) is 0 Å². The van der Waals surface area contributed by atoms with Crippen molar-refractivity contribution < 1.29 is 9.90 Å². The maximum Gasteiger partial charge on any atom is 0.168 e. The summed E-state index contributed by atoms with van der Waals surface area (Å²) in [5, 5.41) is 10.2. The second-order valence-corrected chi connectivity index (χ2v) is 4.56. The Hall–Kier alpha value is -0.670. The van der Waals surface area contributed by atoms with Crippen LogP contribution in [0, 0.1) is 0 Å². The minimum absolute atomic E-state index is 0.0557. The van der Waals surface area contributed by atoms with Gasteiger partial charge in [-0.1, -0.05) is 28.1 Å². The Morgan fingerprint density at radius 3 is 2.43 bits per heavy atom. The molecule has 1 aromatic rings. The van der Waals surface area contributed by atoms with Crippen LogP contribution in [-0.2, 0) is 10.4 Å². The molecule has 0 bridgehead atoms. The Kier molecular flexibility index (Phi) is 2.45. The molecule has 0 spiro atoms. The molecule has 1 aromatic carbocycles. The summed E-state index contributed by atoms with van der Waals surface area (Å²) in [4.78, 5) is 11.5. The summed E-state index contributed by atoms with van der Waals surface area (Å²) in [5.41, 5.74) is -0.510. The highest BCUT2D eigenvalue weighted by Gasteiger charge is 2.41. The molecule has 1 aliphatic rings. The third kappa shape index (κ3) is 1.51. The average Bonchev–Trinajstić information content (AvgIpc) is 2.49. The van der Waals surface area contributed by atoms with Gasteiger partial charge < -0.3 is 5.11 Å². The molecular weight excluding hydrogens is 244 g/mol. The SMILES string of the molecule is O=C1CCC[C@]1(O)c1ccc(Br)cc1. The number of Topliss-reactive ketones (excluding diaryl/α,β-unsaturated/α-hetero) is 1. The number of rotatable bonds is 1. The van der Waals surface area contributed by atoms with E-state index in [1.165, 1.54) is 0 Å². The minimum Gasteiger partial charge on any atom is -0.377 e. The third-order valence-electron chi connectivity index (χ3n) is 2.73. The molecule has 0 aliphatic heterocycles. The van der Waals surface area contributed by atoms with Gasteiger partial charge in [-0.05, 0) is 30.5 Å². The number of hydrogen-bond donors (Lipinski definition) is 1. The Labute approximate surface area is 91.1 Å². The molecule has 0 radical (unpaired) electrons. The number of hydrogen-bond acceptors (Lipinski definition) is 2. The Morgan fingerprint density at radius 2 is 1.93 bits per heavy atom. The molecule has 0 heterocycles. The molecule has 0 saturated heterocycles. The van der Waals surface area contributed by atoms with Crippen LogP contribution in [0.2, 0.25) is 0 Å². The van der Waals surface area contributed by atoms with Crippen molar-refractivity contribution >= 4 is 21.7 Å². The lowest BCUT2D eigenvalue weighted by molar-refractivity contribution is -0.134. The maximum atomic E-state index is 11.5. The molecule has 1 fully saturated rings. The van der Waals surface area contributed by atoms with E-state index in [1.54, 1.807) is 12.1 Å². The highest BCUT2D eigenvalue weighted by atomic mass is 79.9. The first-order chi connectivity index (χ1) is 6.63. The molecule has 0 aromatic heterocycles. The topological polar surface area (TPSA) is 37.3 Å². The molecule has 2 nitrogen and oxygen atoms in total. The number of aliphatic hydroxyl groups is 1. The molecule has 14 heavy (non-hydrogen) atoms. The van der Waals surface area contributed by atoms with Gasteiger partial charge in [-0.3, -0.25) is 4.79 Å². The van der Waals surface area contributed by atoms with Crippen LogP contribution in [0.3, 0.4) is 0 Å². The Morgan fingerprint density at radius 1 is 1.29 bits per heavy atom. The number of ketones is 1. The van der Waals surface area contributed by atoms with Crippen LogP contribution in [0.1, 0.15) is 24.8 Å². The third-order valence-corrected chi connectivity index (χ3v) is 3.25. The van der Waals surface area contributed by atoms with Crippen molar-refractivity contribution in [1.82, 2.24) is 0 Å². The fourth-order valence-electron chi connectivity index (χ4n) is 1.88. The van der Waals surface area contributed by atoms with Crippen molar-refractivity contribution in [2.75, 3.05) is 0 Å². The molecule has 0 amide bonds. The van der Waals surface area contributed by atoms with E-state index in [1.807, 2.05) is 12.1 Å². The van der Waals surface area contributed by atoms with Crippen LogP contribution in [0.5, 0.6) is 0 Å². The van der Waals surface area contributed by atoms with Gasteiger partial charge in [0.1, 0.15) is 5.60 Å². The van der Waals surface area contributed by atoms with E-state index >= 15 is 0 Å². The molecule has 3 heteroatoms. The summed E-state index contributed by atoms with van der Waals surface area (Å²) < 4.78 is 0.954. The van der Waals surface area contributed by atoms with Crippen LogP contribution < -0.4 is 0 Å². The van der Waals surface area contributed by atoms with Crippen molar-refractivity contribution in [3.63, 3.8) is 0 Å². The summed E-state index contributed by atoms with van der Waals surface area (Å²) in [6.45, 7) is 0. The summed E-state index contributed by atoms with van der Waals surface area (Å²) >= 11 is 3.32. The van der Waals surface area contributed by atoms with Crippen LogP contribution in [0.25, 0.3) is 0 Å². The van der Waals surface area contributed by atoms with E-state index in [2.05, 4.69) is 15.9 Å². The molecule has 1 N–H and O–H groups in total. The van der Waals surface area contributed by atoms with E-state index in [-0.39, 0.29) is 5.78 Å². The highest BCUT2D eigenvalue weighted by molar-refractivity contribution is 9.10. The van der Waals surface area contributed by atoms with Gasteiger partial charge in [-0.25, -0.2) is 0 Å². The van der Waals surface area contributed by atoms with Gasteiger partial charge in [0.15, 0.2) is 5.78 Å². The molecule has 1 saturated carbocycles. The molecule has 0 unspecified atom stereocenters. The maximum absolute atomic E-state index is 11.5. The number of halogens is 1. The van der Waals surface area contributed by atoms with E-state index in [4.69, 9.17) is 0 Å². The van der Waals surface area contributed by atoms with Gasteiger partial charge in [0.25, 0.3) is 0 Å².